The van der Waals surface area contributed by atoms with Crippen molar-refractivity contribution in [2.45, 2.75) is 32.3 Å². The zero-order valence-corrected chi connectivity index (χ0v) is 16.1. The second-order valence-corrected chi connectivity index (χ2v) is 8.95. The minimum atomic E-state index is -6.14. The number of fused-ring (bicyclic) bond motifs is 1. The van der Waals surface area contributed by atoms with E-state index in [1.54, 1.807) is 18.2 Å². The Hall–Kier alpha value is -2.82. The van der Waals surface area contributed by atoms with Gasteiger partial charge in [-0.2, -0.15) is 21.6 Å². The molecule has 0 atom stereocenters. The van der Waals surface area contributed by atoms with Crippen molar-refractivity contribution in [3.8, 4) is 16.9 Å². The predicted octanol–water partition coefficient (Wildman–Crippen LogP) is 3.23. The lowest BCUT2D eigenvalue weighted by Crippen LogP contribution is -2.29. The summed E-state index contributed by atoms with van der Waals surface area (Å²) in [5.41, 5.74) is -6.34. The number of benzene rings is 1. The van der Waals surface area contributed by atoms with Crippen LogP contribution in [0.25, 0.3) is 11.1 Å². The molecule has 0 amide bonds. The zero-order valence-electron chi connectivity index (χ0n) is 15.3. The highest BCUT2D eigenvalue weighted by Crippen LogP contribution is 2.48. The first-order valence-electron chi connectivity index (χ1n) is 8.34. The van der Waals surface area contributed by atoms with E-state index in [1.165, 1.54) is 16.7 Å². The van der Waals surface area contributed by atoms with Gasteiger partial charge < -0.3 is 13.9 Å². The minimum Gasteiger partial charge on any atom is -0.475 e. The molecule has 1 N–H and O–H groups in total. The summed E-state index contributed by atoms with van der Waals surface area (Å²) in [5.74, 6) is -4.42. The van der Waals surface area contributed by atoms with E-state index in [9.17, 15) is 31.2 Å². The SMILES string of the molecule is CC1(C)Cc2c(-c3ccccc3)c(OS(=O)(=O)C(F)(F)F)c(C(=O)C(=O)O)n2C1. The molecule has 29 heavy (non-hydrogen) atoms. The van der Waals surface area contributed by atoms with Gasteiger partial charge in [0.2, 0.25) is 0 Å². The van der Waals surface area contributed by atoms with Crippen LogP contribution in [0.4, 0.5) is 13.2 Å². The normalized spacial score (nSPS) is 15.8. The summed E-state index contributed by atoms with van der Waals surface area (Å²) >= 11 is 0. The van der Waals surface area contributed by atoms with Crippen LogP contribution in [0.5, 0.6) is 5.75 Å². The summed E-state index contributed by atoms with van der Waals surface area (Å²) in [6.45, 7) is 3.76. The van der Waals surface area contributed by atoms with Crippen molar-refractivity contribution in [2.24, 2.45) is 5.41 Å². The van der Waals surface area contributed by atoms with Gasteiger partial charge in [0, 0.05) is 17.8 Å². The van der Waals surface area contributed by atoms with E-state index in [-0.39, 0.29) is 18.5 Å². The Morgan fingerprint density at radius 2 is 1.76 bits per heavy atom. The first-order valence-corrected chi connectivity index (χ1v) is 9.75. The number of ketones is 1. The average Bonchev–Trinajstić information content (AvgIpc) is 3.02. The number of rotatable bonds is 5. The second kappa shape index (κ2) is 6.61. The van der Waals surface area contributed by atoms with Crippen LogP contribution in [0.3, 0.4) is 0 Å². The summed E-state index contributed by atoms with van der Waals surface area (Å²) < 4.78 is 67.8. The Kier molecular flexibility index (Phi) is 4.77. The third kappa shape index (κ3) is 3.61. The maximum atomic E-state index is 12.9. The molecule has 156 valence electrons. The molecule has 0 spiro atoms. The summed E-state index contributed by atoms with van der Waals surface area (Å²) in [7, 11) is -6.14. The van der Waals surface area contributed by atoms with E-state index in [2.05, 4.69) is 4.18 Å². The summed E-state index contributed by atoms with van der Waals surface area (Å²) in [6.07, 6.45) is 0.270. The number of carboxylic acid groups (broad SMARTS) is 1. The Balaban J connectivity index is 2.36. The first kappa shape index (κ1) is 20.9. The molecule has 0 bridgehead atoms. The molecule has 0 saturated carbocycles. The molecule has 0 radical (unpaired) electrons. The monoisotopic (exact) mass is 431 g/mol. The Bertz CT molecular complexity index is 1100. The molecule has 1 aliphatic rings. The lowest BCUT2D eigenvalue weighted by molar-refractivity contribution is -0.131. The number of carboxylic acids is 1. The number of nitrogens with zero attached hydrogens (tertiary/aromatic N) is 1. The predicted molar refractivity (Wildman–Crippen MR) is 94.9 cm³/mol. The van der Waals surface area contributed by atoms with Crippen LogP contribution in [0.1, 0.15) is 30.0 Å². The average molecular weight is 431 g/mol. The maximum Gasteiger partial charge on any atom is 0.534 e. The number of aliphatic carboxylic acids is 1. The number of aromatic nitrogens is 1. The molecule has 0 saturated heterocycles. The van der Waals surface area contributed by atoms with Gasteiger partial charge >= 0.3 is 21.6 Å². The highest BCUT2D eigenvalue weighted by molar-refractivity contribution is 7.88. The van der Waals surface area contributed by atoms with Crippen molar-refractivity contribution in [3.05, 3.63) is 41.7 Å². The van der Waals surface area contributed by atoms with Gasteiger partial charge in [0.15, 0.2) is 5.75 Å². The molecule has 2 aromatic rings. The summed E-state index contributed by atoms with van der Waals surface area (Å²) in [4.78, 5) is 23.7. The van der Waals surface area contributed by atoms with Crippen molar-refractivity contribution in [2.75, 3.05) is 0 Å². The molecular formula is C18H16F3NO6S. The highest BCUT2D eigenvalue weighted by atomic mass is 32.2. The fraction of sp³-hybridized carbons (Fsp3) is 0.333. The summed E-state index contributed by atoms with van der Waals surface area (Å²) in [5, 5.41) is 9.17. The number of Topliss-reactive ketones (excluding diaryl/α,β-unsaturated/α-hetero) is 1. The number of halogens is 3. The molecule has 0 unspecified atom stereocenters. The Morgan fingerprint density at radius 1 is 1.17 bits per heavy atom. The van der Waals surface area contributed by atoms with Crippen molar-refractivity contribution in [1.29, 1.82) is 0 Å². The zero-order chi connectivity index (χ0) is 21.8. The number of alkyl halides is 3. The van der Waals surface area contributed by atoms with Gasteiger partial charge in [-0.25, -0.2) is 4.79 Å². The quantitative estimate of drug-likeness (QED) is 0.338. The first-order chi connectivity index (χ1) is 13.3. The van der Waals surface area contributed by atoms with E-state index in [4.69, 9.17) is 5.11 Å². The van der Waals surface area contributed by atoms with Crippen LogP contribution in [0, 0.1) is 5.41 Å². The molecule has 0 aliphatic carbocycles. The van der Waals surface area contributed by atoms with Gasteiger partial charge in [0.1, 0.15) is 5.69 Å². The van der Waals surface area contributed by atoms with Crippen molar-refractivity contribution in [3.63, 3.8) is 0 Å². The molecule has 0 fully saturated rings. The molecule has 1 aromatic carbocycles. The molecule has 2 heterocycles. The number of carbonyl (C=O) groups excluding carboxylic acids is 1. The van der Waals surface area contributed by atoms with E-state index >= 15 is 0 Å². The van der Waals surface area contributed by atoms with E-state index in [1.807, 2.05) is 13.8 Å². The van der Waals surface area contributed by atoms with E-state index < -0.39 is 44.2 Å². The Morgan fingerprint density at radius 3 is 2.28 bits per heavy atom. The van der Waals surface area contributed by atoms with Crippen LogP contribution in [0.2, 0.25) is 0 Å². The smallest absolute Gasteiger partial charge is 0.475 e. The molecule has 1 aliphatic heterocycles. The van der Waals surface area contributed by atoms with Crippen molar-refractivity contribution < 1.29 is 40.5 Å². The maximum absolute atomic E-state index is 12.9. The molecule has 1 aromatic heterocycles. The van der Waals surface area contributed by atoms with E-state index in [0.29, 0.717) is 11.3 Å². The fourth-order valence-corrected chi connectivity index (χ4v) is 3.88. The lowest BCUT2D eigenvalue weighted by atomic mass is 9.89. The van der Waals surface area contributed by atoms with Crippen molar-refractivity contribution in [1.82, 2.24) is 4.57 Å². The van der Waals surface area contributed by atoms with Gasteiger partial charge in [-0.05, 0) is 17.4 Å². The van der Waals surface area contributed by atoms with Gasteiger partial charge in [-0.3, -0.25) is 4.79 Å². The topological polar surface area (TPSA) is 103 Å². The third-order valence-corrected chi connectivity index (χ3v) is 5.46. The lowest BCUT2D eigenvalue weighted by Gasteiger charge is -2.18. The van der Waals surface area contributed by atoms with Crippen LogP contribution in [0.15, 0.2) is 30.3 Å². The largest absolute Gasteiger partial charge is 0.534 e. The fourth-order valence-electron chi connectivity index (χ4n) is 3.41. The molecular weight excluding hydrogens is 415 g/mol. The molecule has 7 nitrogen and oxygen atoms in total. The van der Waals surface area contributed by atoms with Crippen molar-refractivity contribution >= 4 is 21.9 Å². The van der Waals surface area contributed by atoms with Gasteiger partial charge in [-0.1, -0.05) is 44.2 Å². The van der Waals surface area contributed by atoms with Gasteiger partial charge in [-0.15, -0.1) is 0 Å². The summed E-state index contributed by atoms with van der Waals surface area (Å²) in [6, 6.07) is 7.79. The van der Waals surface area contributed by atoms with E-state index in [0.717, 1.165) is 0 Å². The minimum absolute atomic E-state index is 0.0476. The number of carbonyl (C=O) groups is 2. The van der Waals surface area contributed by atoms with Crippen LogP contribution < -0.4 is 4.18 Å². The van der Waals surface area contributed by atoms with Crippen LogP contribution in [-0.4, -0.2) is 35.4 Å². The standard InChI is InChI=1S/C18H16F3NO6S/c1-17(2)8-11-12(10-6-4-3-5-7-10)15(28-29(26,27)18(19,20)21)13(22(11)9-17)14(23)16(24)25/h3-7H,8-9H2,1-2H3,(H,24,25). The Labute approximate surface area is 163 Å². The van der Waals surface area contributed by atoms with Gasteiger partial charge in [0.05, 0.1) is 0 Å². The van der Waals surface area contributed by atoms with Gasteiger partial charge in [0.25, 0.3) is 5.78 Å². The van der Waals surface area contributed by atoms with Crippen LogP contribution in [-0.2, 0) is 27.9 Å². The second-order valence-electron chi connectivity index (χ2n) is 7.41. The molecule has 3 rings (SSSR count). The highest BCUT2D eigenvalue weighted by Gasteiger charge is 2.51. The third-order valence-electron chi connectivity index (χ3n) is 4.51. The number of hydrogen-bond acceptors (Lipinski definition) is 5. The number of hydrogen-bond donors (Lipinski definition) is 1. The van der Waals surface area contributed by atoms with Crippen LogP contribution >= 0.6 is 0 Å². The molecule has 11 heteroatoms.